The summed E-state index contributed by atoms with van der Waals surface area (Å²) in [6.45, 7) is 3.81. The Labute approximate surface area is 248 Å². The minimum Gasteiger partial charge on any atom is -0.378 e. The van der Waals surface area contributed by atoms with Crippen molar-refractivity contribution in [2.24, 2.45) is 0 Å². The number of rotatable bonds is 8. The number of nitrogens with zero attached hydrogens (tertiary/aromatic N) is 6. The fourth-order valence-electron chi connectivity index (χ4n) is 5.21. The van der Waals surface area contributed by atoms with E-state index in [0.717, 1.165) is 28.6 Å². The Hall–Kier alpha value is -5.17. The van der Waals surface area contributed by atoms with Crippen molar-refractivity contribution >= 4 is 43.8 Å². The highest BCUT2D eigenvalue weighted by Gasteiger charge is 2.22. The van der Waals surface area contributed by atoms with Crippen molar-refractivity contribution in [1.82, 2.24) is 29.1 Å². The van der Waals surface area contributed by atoms with Crippen molar-refractivity contribution in [3.63, 3.8) is 0 Å². The highest BCUT2D eigenvalue weighted by molar-refractivity contribution is 7.92. The summed E-state index contributed by atoms with van der Waals surface area (Å²) >= 11 is 0. The number of nitrogens with one attached hydrogen (secondary N) is 3. The molecule has 13 heteroatoms. The normalized spacial score (nSPS) is 12.5. The van der Waals surface area contributed by atoms with Crippen LogP contribution in [0.3, 0.4) is 0 Å². The lowest BCUT2D eigenvalue weighted by Crippen LogP contribution is -2.29. The Morgan fingerprint density at radius 2 is 1.81 bits per heavy atom. The second-order valence-corrected chi connectivity index (χ2v) is 12.4. The number of aromatic nitrogens is 6. The molecule has 0 saturated carbocycles. The fraction of sp³-hybridized carbons (Fsp3) is 0.200. The Bertz CT molecular complexity index is 2150. The van der Waals surface area contributed by atoms with Gasteiger partial charge in [-0.1, -0.05) is 18.2 Å². The summed E-state index contributed by atoms with van der Waals surface area (Å²) in [6.07, 6.45) is 6.18. The van der Waals surface area contributed by atoms with Gasteiger partial charge in [-0.2, -0.15) is 5.10 Å². The standard InChI is InChI=1S/C30H31N9O3S/c1-18-11-12-38-26(18)30(40)39(22-9-7-6-8-10-22)29(35-38)19(2)34-28-25-24(16-31-27(25)32-17-33-28)20-13-21(36-43(5,41)42)15-23(14-20)37(3)4/h6-17,19,36H,1-5H3,(H2,31,32,33,34)/t19-/m0/s1. The van der Waals surface area contributed by atoms with Gasteiger partial charge in [-0.25, -0.2) is 22.9 Å². The first-order chi connectivity index (χ1) is 20.5. The maximum atomic E-state index is 13.8. The molecule has 0 bridgehead atoms. The summed E-state index contributed by atoms with van der Waals surface area (Å²) in [6, 6.07) is 16.3. The first-order valence-electron chi connectivity index (χ1n) is 13.6. The number of fused-ring (bicyclic) bond motifs is 2. The van der Waals surface area contributed by atoms with Gasteiger partial charge in [-0.3, -0.25) is 14.1 Å². The van der Waals surface area contributed by atoms with Crippen LogP contribution in [0.1, 0.15) is 24.4 Å². The van der Waals surface area contributed by atoms with Crippen LogP contribution >= 0.6 is 0 Å². The number of hydrogen-bond acceptors (Lipinski definition) is 8. The van der Waals surface area contributed by atoms with E-state index in [4.69, 9.17) is 5.10 Å². The van der Waals surface area contributed by atoms with Crippen LogP contribution in [0.4, 0.5) is 17.2 Å². The molecule has 43 heavy (non-hydrogen) atoms. The van der Waals surface area contributed by atoms with Crippen LogP contribution < -0.4 is 20.5 Å². The zero-order valence-electron chi connectivity index (χ0n) is 24.3. The zero-order valence-corrected chi connectivity index (χ0v) is 25.1. The van der Waals surface area contributed by atoms with E-state index >= 15 is 0 Å². The summed E-state index contributed by atoms with van der Waals surface area (Å²) in [4.78, 5) is 27.9. The molecular weight excluding hydrogens is 566 g/mol. The van der Waals surface area contributed by atoms with Crippen molar-refractivity contribution < 1.29 is 8.42 Å². The van der Waals surface area contributed by atoms with Crippen molar-refractivity contribution in [1.29, 1.82) is 0 Å². The Morgan fingerprint density at radius 3 is 2.53 bits per heavy atom. The second-order valence-electron chi connectivity index (χ2n) is 10.7. The van der Waals surface area contributed by atoms with Crippen LogP contribution in [0.5, 0.6) is 0 Å². The van der Waals surface area contributed by atoms with E-state index in [2.05, 4.69) is 25.0 Å². The van der Waals surface area contributed by atoms with Gasteiger partial charge < -0.3 is 15.2 Å². The quantitative estimate of drug-likeness (QED) is 0.235. The number of aromatic amines is 1. The molecule has 0 aliphatic carbocycles. The topological polar surface area (TPSA) is 142 Å². The van der Waals surface area contributed by atoms with Crippen LogP contribution in [-0.4, -0.2) is 57.9 Å². The summed E-state index contributed by atoms with van der Waals surface area (Å²) in [5.74, 6) is 1.02. The third-order valence-electron chi connectivity index (χ3n) is 7.19. The minimum absolute atomic E-state index is 0.172. The average Bonchev–Trinajstić information content (AvgIpc) is 3.56. The highest BCUT2D eigenvalue weighted by Crippen LogP contribution is 2.36. The van der Waals surface area contributed by atoms with Gasteiger partial charge in [-0.05, 0) is 61.4 Å². The third-order valence-corrected chi connectivity index (χ3v) is 7.79. The number of hydrogen-bond donors (Lipinski definition) is 3. The fourth-order valence-corrected chi connectivity index (χ4v) is 5.75. The van der Waals surface area contributed by atoms with Gasteiger partial charge in [0.15, 0.2) is 5.82 Å². The molecule has 3 N–H and O–H groups in total. The maximum absolute atomic E-state index is 13.8. The third kappa shape index (κ3) is 5.30. The molecule has 0 saturated heterocycles. The number of H-pyrrole nitrogens is 1. The molecule has 0 unspecified atom stereocenters. The molecule has 0 spiro atoms. The molecule has 12 nitrogen and oxygen atoms in total. The van der Waals surface area contributed by atoms with Gasteiger partial charge in [-0.15, -0.1) is 0 Å². The van der Waals surface area contributed by atoms with E-state index in [1.807, 2.05) is 81.5 Å². The summed E-state index contributed by atoms with van der Waals surface area (Å²) < 4.78 is 29.9. The summed E-state index contributed by atoms with van der Waals surface area (Å²) in [5.41, 5.74) is 5.26. The summed E-state index contributed by atoms with van der Waals surface area (Å²) in [7, 11) is 0.278. The molecule has 1 atom stereocenters. The van der Waals surface area contributed by atoms with Crippen LogP contribution in [0, 0.1) is 6.92 Å². The second kappa shape index (κ2) is 10.6. The Balaban J connectivity index is 1.48. The molecule has 6 rings (SSSR count). The molecule has 0 aliphatic rings. The predicted molar refractivity (Wildman–Crippen MR) is 170 cm³/mol. The monoisotopic (exact) mass is 597 g/mol. The number of aryl methyl sites for hydroxylation is 1. The predicted octanol–water partition coefficient (Wildman–Crippen LogP) is 4.34. The van der Waals surface area contributed by atoms with E-state index < -0.39 is 16.1 Å². The van der Waals surface area contributed by atoms with Gasteiger partial charge in [0, 0.05) is 37.7 Å². The van der Waals surface area contributed by atoms with Gasteiger partial charge in [0.1, 0.15) is 23.3 Å². The van der Waals surface area contributed by atoms with Gasteiger partial charge in [0.05, 0.1) is 29.1 Å². The zero-order chi connectivity index (χ0) is 30.5. The summed E-state index contributed by atoms with van der Waals surface area (Å²) in [5, 5.41) is 9.03. The first-order valence-corrected chi connectivity index (χ1v) is 15.4. The molecular formula is C30H31N9O3S. The van der Waals surface area contributed by atoms with E-state index in [9.17, 15) is 13.2 Å². The molecule has 0 fully saturated rings. The number of sulfonamides is 1. The van der Waals surface area contributed by atoms with Crippen LogP contribution in [0.15, 0.2) is 78.1 Å². The first kappa shape index (κ1) is 28.0. The SMILES string of the molecule is Cc1ccn2nc([C@H](C)Nc3ncnc4[nH]cc(-c5cc(NS(C)(=O)=O)cc(N(C)C)c5)c34)n(-c3ccccc3)c(=O)c12. The van der Waals surface area contributed by atoms with E-state index in [0.29, 0.717) is 39.6 Å². The van der Waals surface area contributed by atoms with Gasteiger partial charge >= 0.3 is 0 Å². The van der Waals surface area contributed by atoms with Crippen molar-refractivity contribution in [3.8, 4) is 16.8 Å². The lowest BCUT2D eigenvalue weighted by atomic mass is 10.0. The molecule has 4 aromatic heterocycles. The van der Waals surface area contributed by atoms with E-state index in [1.165, 1.54) is 6.33 Å². The minimum atomic E-state index is -3.50. The van der Waals surface area contributed by atoms with Crippen LogP contribution in [-0.2, 0) is 10.0 Å². The molecule has 4 heterocycles. The number of anilines is 3. The van der Waals surface area contributed by atoms with Crippen molar-refractivity contribution in [3.05, 3.63) is 95.1 Å². The highest BCUT2D eigenvalue weighted by atomic mass is 32.2. The smallest absolute Gasteiger partial charge is 0.282 e. The molecule has 0 radical (unpaired) electrons. The van der Waals surface area contributed by atoms with E-state index in [1.54, 1.807) is 27.4 Å². The number of para-hydroxylation sites is 1. The lowest BCUT2D eigenvalue weighted by Gasteiger charge is -2.20. The largest absolute Gasteiger partial charge is 0.378 e. The molecule has 2 aromatic carbocycles. The van der Waals surface area contributed by atoms with Gasteiger partial charge in [0.2, 0.25) is 10.0 Å². The van der Waals surface area contributed by atoms with Crippen LogP contribution in [0.25, 0.3) is 33.4 Å². The molecule has 0 aliphatic heterocycles. The van der Waals surface area contributed by atoms with Crippen molar-refractivity contribution in [2.45, 2.75) is 19.9 Å². The van der Waals surface area contributed by atoms with E-state index in [-0.39, 0.29) is 5.56 Å². The Morgan fingerprint density at radius 1 is 1.05 bits per heavy atom. The van der Waals surface area contributed by atoms with Gasteiger partial charge in [0.25, 0.3) is 5.56 Å². The van der Waals surface area contributed by atoms with Crippen molar-refractivity contribution in [2.75, 3.05) is 35.3 Å². The average molecular weight is 598 g/mol. The molecule has 6 aromatic rings. The number of benzene rings is 2. The molecule has 220 valence electrons. The Kier molecular flexibility index (Phi) is 6.89. The maximum Gasteiger partial charge on any atom is 0.282 e. The molecule has 0 amide bonds. The lowest BCUT2D eigenvalue weighted by molar-refractivity contribution is 0.607. The van der Waals surface area contributed by atoms with Crippen LogP contribution in [0.2, 0.25) is 0 Å².